The molecular formula is C6H11O11P. The normalized spacial score (nSPS) is 18.6. The summed E-state index contributed by atoms with van der Waals surface area (Å²) in [6.07, 6.45) is -10.2. The number of aliphatic carboxylic acids is 1. The van der Waals surface area contributed by atoms with Gasteiger partial charge in [-0.05, 0) is 0 Å². The summed E-state index contributed by atoms with van der Waals surface area (Å²) in [5, 5.41) is 44.2. The summed E-state index contributed by atoms with van der Waals surface area (Å²) in [6.45, 7) is 0. The Kier molecular flexibility index (Phi) is 5.83. The lowest BCUT2D eigenvalue weighted by atomic mass is 10.0. The van der Waals surface area contributed by atoms with Gasteiger partial charge < -0.3 is 30.1 Å². The van der Waals surface area contributed by atoms with E-state index < -0.39 is 44.2 Å². The van der Waals surface area contributed by atoms with Crippen molar-refractivity contribution in [1.82, 2.24) is 0 Å². The summed E-state index contributed by atoms with van der Waals surface area (Å²) in [7, 11) is -5.27. The van der Waals surface area contributed by atoms with Gasteiger partial charge in [0.15, 0.2) is 12.2 Å². The first-order valence-corrected chi connectivity index (χ1v) is 5.74. The van der Waals surface area contributed by atoms with E-state index in [2.05, 4.69) is 4.52 Å². The van der Waals surface area contributed by atoms with Crippen LogP contribution in [0, 0.1) is 0 Å². The highest BCUT2D eigenvalue weighted by molar-refractivity contribution is 7.46. The largest absolute Gasteiger partial charge is 0.527 e. The van der Waals surface area contributed by atoms with Crippen molar-refractivity contribution in [2.45, 2.75) is 24.4 Å². The number of carboxylic acids is 1. The summed E-state index contributed by atoms with van der Waals surface area (Å²) in [5.41, 5.74) is 0. The molecule has 0 aromatic carbocycles. The monoisotopic (exact) mass is 290 g/mol. The van der Waals surface area contributed by atoms with Gasteiger partial charge in [-0.3, -0.25) is 9.79 Å². The zero-order valence-corrected chi connectivity index (χ0v) is 9.41. The second kappa shape index (κ2) is 6.20. The van der Waals surface area contributed by atoms with Crippen molar-refractivity contribution in [3.63, 3.8) is 0 Å². The minimum atomic E-state index is -5.27. The lowest BCUT2D eigenvalue weighted by molar-refractivity contribution is -0.171. The quantitative estimate of drug-likeness (QED) is 0.236. The van der Waals surface area contributed by atoms with Gasteiger partial charge in [-0.25, -0.2) is 14.2 Å². The second-order valence-electron chi connectivity index (χ2n) is 3.11. The van der Waals surface area contributed by atoms with Gasteiger partial charge in [0.25, 0.3) is 0 Å². The lowest BCUT2D eigenvalue weighted by Gasteiger charge is -2.23. The first kappa shape index (κ1) is 16.9. The second-order valence-corrected chi connectivity index (χ2v) is 4.27. The van der Waals surface area contributed by atoms with Crippen molar-refractivity contribution in [3.8, 4) is 0 Å². The molecule has 0 bridgehead atoms. The molecule has 0 fully saturated rings. The van der Waals surface area contributed by atoms with E-state index in [4.69, 9.17) is 35.3 Å². The van der Waals surface area contributed by atoms with Gasteiger partial charge in [-0.2, -0.15) is 0 Å². The van der Waals surface area contributed by atoms with Crippen LogP contribution in [-0.4, -0.2) is 71.7 Å². The van der Waals surface area contributed by atoms with E-state index in [9.17, 15) is 14.2 Å². The highest BCUT2D eigenvalue weighted by Crippen LogP contribution is 2.36. The maximum Gasteiger partial charge on any atom is 0.527 e. The number of hydrogen-bond acceptors (Lipinski definition) is 8. The van der Waals surface area contributed by atoms with E-state index >= 15 is 0 Å². The van der Waals surface area contributed by atoms with Crippen LogP contribution in [0.15, 0.2) is 0 Å². The summed E-state index contributed by atoms with van der Waals surface area (Å²) >= 11 is 0. The van der Waals surface area contributed by atoms with E-state index in [1.807, 2.05) is 0 Å². The molecule has 18 heavy (non-hydrogen) atoms. The van der Waals surface area contributed by atoms with Crippen LogP contribution in [0.3, 0.4) is 0 Å². The summed E-state index contributed by atoms with van der Waals surface area (Å²) in [5.74, 6) is -3.94. The number of carboxylic acid groups (broad SMARTS) is 1. The van der Waals surface area contributed by atoms with E-state index in [0.29, 0.717) is 0 Å². The van der Waals surface area contributed by atoms with Crippen molar-refractivity contribution in [1.29, 1.82) is 0 Å². The number of aliphatic hydroxyl groups is 4. The minimum absolute atomic E-state index is 1.95. The fourth-order valence-electron chi connectivity index (χ4n) is 0.830. The number of hydrogen-bond donors (Lipinski definition) is 7. The maximum atomic E-state index is 10.8. The molecule has 0 aromatic heterocycles. The van der Waals surface area contributed by atoms with Gasteiger partial charge in [0, 0.05) is 0 Å². The SMILES string of the molecule is O=C(O)[C@@H](O)[C@@H](O)[C@H](O)[C@@H](O)C(=O)OP(=O)(O)O. The molecule has 4 atom stereocenters. The molecule has 0 amide bonds. The number of aliphatic hydroxyl groups excluding tert-OH is 4. The number of phosphoric ester groups is 1. The van der Waals surface area contributed by atoms with Crippen LogP contribution in [0.1, 0.15) is 0 Å². The molecule has 7 N–H and O–H groups in total. The standard InChI is InChI=1S/C6H11O11P/c7-1(3(9)5(11)12)2(8)4(10)6(13)17-18(14,15)16/h1-4,7-10H,(H,11,12)(H2,14,15,16)/t1-,2-,3-,4+/m0/s1. The van der Waals surface area contributed by atoms with Crippen LogP contribution < -0.4 is 0 Å². The smallest absolute Gasteiger partial charge is 0.479 e. The van der Waals surface area contributed by atoms with E-state index in [1.54, 1.807) is 0 Å². The van der Waals surface area contributed by atoms with Crippen LogP contribution in [0.5, 0.6) is 0 Å². The fraction of sp³-hybridized carbons (Fsp3) is 0.667. The number of carbonyl (C=O) groups is 2. The number of phosphoric acid groups is 1. The van der Waals surface area contributed by atoms with Gasteiger partial charge in [0.2, 0.25) is 0 Å². The van der Waals surface area contributed by atoms with E-state index in [0.717, 1.165) is 0 Å². The summed E-state index contributed by atoms with van der Waals surface area (Å²) < 4.78 is 13.6. The van der Waals surface area contributed by atoms with Crippen molar-refractivity contribution in [2.24, 2.45) is 0 Å². The maximum absolute atomic E-state index is 10.8. The average molecular weight is 290 g/mol. The Bertz CT molecular complexity index is 361. The van der Waals surface area contributed by atoms with Gasteiger partial charge in [-0.15, -0.1) is 0 Å². The van der Waals surface area contributed by atoms with Crippen LogP contribution in [0.2, 0.25) is 0 Å². The third kappa shape index (κ3) is 5.06. The molecule has 12 heteroatoms. The molecule has 0 aliphatic heterocycles. The van der Waals surface area contributed by atoms with Crippen molar-refractivity contribution >= 4 is 19.8 Å². The Morgan fingerprint density at radius 3 is 1.67 bits per heavy atom. The molecule has 0 radical (unpaired) electrons. The Balaban J connectivity index is 4.69. The molecular weight excluding hydrogens is 279 g/mol. The Morgan fingerprint density at radius 2 is 1.33 bits per heavy atom. The molecule has 106 valence electrons. The first-order chi connectivity index (χ1) is 7.97. The van der Waals surface area contributed by atoms with Crippen LogP contribution in [0.25, 0.3) is 0 Å². The molecule has 0 saturated heterocycles. The molecule has 0 aliphatic rings. The third-order valence-electron chi connectivity index (χ3n) is 1.70. The number of rotatable bonds is 6. The average Bonchev–Trinajstić information content (AvgIpc) is 2.22. The Morgan fingerprint density at radius 1 is 0.944 bits per heavy atom. The van der Waals surface area contributed by atoms with Gasteiger partial charge in [-0.1, -0.05) is 0 Å². The van der Waals surface area contributed by atoms with Crippen LogP contribution in [-0.2, 0) is 18.7 Å². The molecule has 0 aliphatic carbocycles. The topological polar surface area (TPSA) is 202 Å². The summed E-state index contributed by atoms with van der Waals surface area (Å²) in [6, 6.07) is 0. The molecule has 0 unspecified atom stereocenters. The highest BCUT2D eigenvalue weighted by Gasteiger charge is 2.39. The van der Waals surface area contributed by atoms with Gasteiger partial charge >= 0.3 is 19.8 Å². The van der Waals surface area contributed by atoms with Crippen LogP contribution in [0.4, 0.5) is 0 Å². The molecule has 0 heterocycles. The molecule has 0 saturated carbocycles. The molecule has 11 nitrogen and oxygen atoms in total. The summed E-state index contributed by atoms with van der Waals surface area (Å²) in [4.78, 5) is 37.5. The zero-order chi connectivity index (χ0) is 14.7. The van der Waals surface area contributed by atoms with Crippen molar-refractivity contribution in [3.05, 3.63) is 0 Å². The van der Waals surface area contributed by atoms with Crippen molar-refractivity contribution < 1.29 is 54.0 Å². The van der Waals surface area contributed by atoms with Crippen molar-refractivity contribution in [2.75, 3.05) is 0 Å². The van der Waals surface area contributed by atoms with Gasteiger partial charge in [0.05, 0.1) is 0 Å². The Hall–Kier alpha value is -1.07. The molecule has 0 aromatic rings. The van der Waals surface area contributed by atoms with E-state index in [1.165, 1.54) is 0 Å². The fourth-order valence-corrected chi connectivity index (χ4v) is 1.17. The lowest BCUT2D eigenvalue weighted by Crippen LogP contribution is -2.50. The molecule has 0 rings (SSSR count). The molecule has 0 spiro atoms. The minimum Gasteiger partial charge on any atom is -0.479 e. The van der Waals surface area contributed by atoms with Gasteiger partial charge in [0.1, 0.15) is 12.2 Å². The predicted octanol–water partition coefficient (Wildman–Crippen LogP) is -3.85. The van der Waals surface area contributed by atoms with Crippen LogP contribution >= 0.6 is 7.82 Å². The Labute approximate surface area is 99.1 Å². The predicted molar refractivity (Wildman–Crippen MR) is 49.8 cm³/mol. The highest BCUT2D eigenvalue weighted by atomic mass is 31.2. The third-order valence-corrected chi connectivity index (χ3v) is 2.12. The van der Waals surface area contributed by atoms with E-state index in [-0.39, 0.29) is 0 Å². The zero-order valence-electron chi connectivity index (χ0n) is 8.52. The first-order valence-electron chi connectivity index (χ1n) is 4.21. The number of carbonyl (C=O) groups excluding carboxylic acids is 1.